The molecular formula is C33H54O9. The molecule has 0 bridgehead atoms. The molecule has 0 radical (unpaired) electrons. The molecule has 9 nitrogen and oxygen atoms in total. The Labute approximate surface area is 250 Å². The average Bonchev–Trinajstić information content (AvgIpc) is 3.21. The second-order valence-corrected chi connectivity index (χ2v) is 15.4. The van der Waals surface area contributed by atoms with Gasteiger partial charge in [-0.3, -0.25) is 4.79 Å². The van der Waals surface area contributed by atoms with E-state index in [-0.39, 0.29) is 28.4 Å². The molecule has 0 amide bonds. The number of aliphatic hydroxyl groups excluding tert-OH is 5. The van der Waals surface area contributed by atoms with Crippen LogP contribution in [0.4, 0.5) is 0 Å². The van der Waals surface area contributed by atoms with E-state index in [4.69, 9.17) is 9.47 Å². The number of hydrogen-bond acceptors (Lipinski definition) is 9. The molecule has 0 aromatic heterocycles. The predicted molar refractivity (Wildman–Crippen MR) is 155 cm³/mol. The molecule has 0 aromatic carbocycles. The molecule has 13 unspecified atom stereocenters. The van der Waals surface area contributed by atoms with Gasteiger partial charge in [0.25, 0.3) is 0 Å². The lowest BCUT2D eigenvalue weighted by molar-refractivity contribution is -0.323. The Bertz CT molecular complexity index is 1040. The lowest BCUT2D eigenvalue weighted by Gasteiger charge is -2.59. The summed E-state index contributed by atoms with van der Waals surface area (Å²) in [5.74, 6) is 0.760. The van der Waals surface area contributed by atoms with Crippen molar-refractivity contribution in [2.75, 3.05) is 6.61 Å². The van der Waals surface area contributed by atoms with E-state index in [0.29, 0.717) is 31.1 Å². The van der Waals surface area contributed by atoms with Crippen molar-refractivity contribution in [3.8, 4) is 0 Å². The number of aliphatic hydroxyl groups is 6. The summed E-state index contributed by atoms with van der Waals surface area (Å²) < 4.78 is 11.6. The van der Waals surface area contributed by atoms with Crippen LogP contribution in [-0.2, 0) is 14.3 Å². The maximum atomic E-state index is 13.4. The van der Waals surface area contributed by atoms with Crippen molar-refractivity contribution in [3.05, 3.63) is 11.6 Å². The van der Waals surface area contributed by atoms with E-state index in [1.165, 1.54) is 0 Å². The molecule has 1 aliphatic heterocycles. The molecule has 9 heteroatoms. The molecule has 4 aliphatic carbocycles. The number of rotatable bonds is 8. The van der Waals surface area contributed by atoms with Crippen LogP contribution in [0.5, 0.6) is 0 Å². The monoisotopic (exact) mass is 594 g/mol. The predicted octanol–water partition coefficient (Wildman–Crippen LogP) is 2.62. The van der Waals surface area contributed by atoms with Crippen molar-refractivity contribution in [1.29, 1.82) is 0 Å². The van der Waals surface area contributed by atoms with E-state index in [1.807, 2.05) is 13.8 Å². The highest BCUT2D eigenvalue weighted by Gasteiger charge is 2.66. The first-order valence-corrected chi connectivity index (χ1v) is 16.2. The molecule has 1 saturated heterocycles. The molecule has 3 saturated carbocycles. The molecule has 240 valence electrons. The fourth-order valence-corrected chi connectivity index (χ4v) is 9.86. The fraction of sp³-hybridized carbons (Fsp3) is 0.909. The topological polar surface area (TPSA) is 157 Å². The summed E-state index contributed by atoms with van der Waals surface area (Å²) in [7, 11) is 0. The number of carbonyl (C=O) groups excluding carboxylic acids is 1. The van der Waals surface area contributed by atoms with Crippen molar-refractivity contribution in [1.82, 2.24) is 0 Å². The van der Waals surface area contributed by atoms with Gasteiger partial charge in [-0.15, -0.1) is 0 Å². The van der Waals surface area contributed by atoms with Gasteiger partial charge in [-0.2, -0.15) is 0 Å². The number of fused-ring (bicyclic) bond motifs is 5. The lowest BCUT2D eigenvalue weighted by atomic mass is 9.46. The third-order valence-corrected chi connectivity index (χ3v) is 12.6. The first kappa shape index (κ1) is 32.5. The van der Waals surface area contributed by atoms with Crippen LogP contribution in [0.2, 0.25) is 0 Å². The summed E-state index contributed by atoms with van der Waals surface area (Å²) in [6, 6.07) is 0. The summed E-state index contributed by atoms with van der Waals surface area (Å²) in [5, 5.41) is 62.8. The SMILES string of the molecule is CC(CCCC(C)(C)OC1OC(CO)C(O)C(O)C1O)C1CCC2(O)C3=CC(=O)C4CC(O)CCC4(C)C3CCC12C. The van der Waals surface area contributed by atoms with E-state index < -0.39 is 54.6 Å². The highest BCUT2D eigenvalue weighted by molar-refractivity contribution is 5.95. The van der Waals surface area contributed by atoms with Crippen LogP contribution in [0.15, 0.2) is 11.6 Å². The van der Waals surface area contributed by atoms with Gasteiger partial charge in [0.2, 0.25) is 0 Å². The summed E-state index contributed by atoms with van der Waals surface area (Å²) in [4.78, 5) is 13.4. The zero-order valence-electron chi connectivity index (χ0n) is 26.0. The summed E-state index contributed by atoms with van der Waals surface area (Å²) in [6.45, 7) is 10.0. The van der Waals surface area contributed by atoms with Gasteiger partial charge >= 0.3 is 0 Å². The maximum Gasteiger partial charge on any atom is 0.187 e. The molecule has 1 heterocycles. The molecular weight excluding hydrogens is 540 g/mol. The second kappa shape index (κ2) is 11.5. The number of ether oxygens (including phenoxy) is 2. The first-order chi connectivity index (χ1) is 19.6. The van der Waals surface area contributed by atoms with Gasteiger partial charge in [-0.05, 0) is 100 Å². The molecule has 6 N–H and O–H groups in total. The first-order valence-electron chi connectivity index (χ1n) is 16.2. The van der Waals surface area contributed by atoms with Crippen molar-refractivity contribution in [2.24, 2.45) is 34.5 Å². The molecule has 0 aromatic rings. The molecule has 4 fully saturated rings. The Hall–Kier alpha value is -0.910. The zero-order valence-corrected chi connectivity index (χ0v) is 26.0. The van der Waals surface area contributed by atoms with Crippen LogP contribution in [0.3, 0.4) is 0 Å². The number of carbonyl (C=O) groups is 1. The van der Waals surface area contributed by atoms with Crippen LogP contribution in [-0.4, -0.2) is 91.0 Å². The van der Waals surface area contributed by atoms with Crippen molar-refractivity contribution in [2.45, 2.75) is 147 Å². The summed E-state index contributed by atoms with van der Waals surface area (Å²) in [5.41, 5.74) is -1.22. The smallest absolute Gasteiger partial charge is 0.187 e. The minimum absolute atomic E-state index is 0.0818. The Morgan fingerprint density at radius 3 is 2.43 bits per heavy atom. The minimum Gasteiger partial charge on any atom is -0.394 e. The second-order valence-electron chi connectivity index (χ2n) is 15.4. The van der Waals surface area contributed by atoms with Crippen molar-refractivity contribution < 1.29 is 44.9 Å². The molecule has 42 heavy (non-hydrogen) atoms. The van der Waals surface area contributed by atoms with Gasteiger partial charge in [0.15, 0.2) is 12.1 Å². The Morgan fingerprint density at radius 1 is 1.02 bits per heavy atom. The molecule has 13 atom stereocenters. The number of hydrogen-bond donors (Lipinski definition) is 6. The van der Waals surface area contributed by atoms with Crippen molar-refractivity contribution in [3.63, 3.8) is 0 Å². The zero-order chi connectivity index (χ0) is 30.8. The van der Waals surface area contributed by atoms with Gasteiger partial charge in [0.1, 0.15) is 24.4 Å². The molecule has 5 rings (SSSR count). The van der Waals surface area contributed by atoms with Gasteiger partial charge in [0.05, 0.1) is 23.9 Å². The van der Waals surface area contributed by atoms with E-state index in [9.17, 15) is 35.4 Å². The summed E-state index contributed by atoms with van der Waals surface area (Å²) in [6.07, 6.45) is 2.87. The highest BCUT2D eigenvalue weighted by atomic mass is 16.7. The maximum absolute atomic E-state index is 13.4. The standard InChI is InChI=1S/C33H54O9/c1-18(7-6-11-30(2,3)42-29-28(39)27(38)26(37)25(17-34)41-29)20-10-14-33(40)22-16-24(36)23-15-19(35)8-12-31(23,4)21(22)9-13-32(20,33)5/h16,18-21,23,25-29,34-35,37-40H,6-15,17H2,1-5H3. The Morgan fingerprint density at radius 2 is 1.74 bits per heavy atom. The summed E-state index contributed by atoms with van der Waals surface area (Å²) >= 11 is 0. The van der Waals surface area contributed by atoms with E-state index in [0.717, 1.165) is 50.5 Å². The van der Waals surface area contributed by atoms with Gasteiger partial charge < -0.3 is 40.1 Å². The fourth-order valence-electron chi connectivity index (χ4n) is 9.86. The van der Waals surface area contributed by atoms with E-state index >= 15 is 0 Å². The normalized spacial score (nSPS) is 48.2. The van der Waals surface area contributed by atoms with Crippen LogP contribution in [0.25, 0.3) is 0 Å². The van der Waals surface area contributed by atoms with Gasteiger partial charge in [-0.25, -0.2) is 0 Å². The van der Waals surface area contributed by atoms with Crippen LogP contribution in [0, 0.1) is 34.5 Å². The Balaban J connectivity index is 1.22. The van der Waals surface area contributed by atoms with Crippen LogP contribution >= 0.6 is 0 Å². The van der Waals surface area contributed by atoms with Crippen LogP contribution < -0.4 is 0 Å². The lowest BCUT2D eigenvalue weighted by Crippen LogP contribution is -2.60. The van der Waals surface area contributed by atoms with Crippen molar-refractivity contribution >= 4 is 5.78 Å². The third kappa shape index (κ3) is 5.23. The average molecular weight is 595 g/mol. The van der Waals surface area contributed by atoms with E-state index in [1.54, 1.807) is 6.08 Å². The minimum atomic E-state index is -1.47. The van der Waals surface area contributed by atoms with E-state index in [2.05, 4.69) is 20.8 Å². The Kier molecular flexibility index (Phi) is 8.87. The quantitative estimate of drug-likeness (QED) is 0.249. The molecule has 5 aliphatic rings. The van der Waals surface area contributed by atoms with Gasteiger partial charge in [-0.1, -0.05) is 33.6 Å². The largest absolute Gasteiger partial charge is 0.394 e. The molecule has 0 spiro atoms. The van der Waals surface area contributed by atoms with Crippen LogP contribution in [0.1, 0.15) is 98.8 Å². The number of allylic oxidation sites excluding steroid dienone is 1. The highest BCUT2D eigenvalue weighted by Crippen LogP contribution is 2.68. The third-order valence-electron chi connectivity index (χ3n) is 12.6. The van der Waals surface area contributed by atoms with Gasteiger partial charge in [0, 0.05) is 11.3 Å². The number of ketones is 1.